The third kappa shape index (κ3) is 5.27. The number of carbonyl (C=O) groups is 1. The fraction of sp³-hybridized carbons (Fsp3) is 0.528. The summed E-state index contributed by atoms with van der Waals surface area (Å²) in [6, 6.07) is 11.3. The fourth-order valence-electron chi connectivity index (χ4n) is 8.70. The SMILES string of the molecule is C=C(F)C[C@@]1(OC)/C=C/C[C@@H]2C[C@@]2(C)S(=O)(=O)NC(=O)c2ccc3c(c2)N(C[C@@H]2CC[C@H]21)C[C@@]1(CCCc2cc(Cl)ccc21)CO3. The van der Waals surface area contributed by atoms with Crippen LogP contribution in [0.2, 0.25) is 5.02 Å². The summed E-state index contributed by atoms with van der Waals surface area (Å²) < 4.78 is 55.7. The van der Waals surface area contributed by atoms with E-state index >= 15 is 0 Å². The number of methoxy groups -OCH3 is 1. The lowest BCUT2D eigenvalue weighted by atomic mass is 9.63. The molecule has 2 aliphatic heterocycles. The summed E-state index contributed by atoms with van der Waals surface area (Å²) in [6.07, 6.45) is 9.55. The minimum Gasteiger partial charge on any atom is -0.490 e. The van der Waals surface area contributed by atoms with Crippen LogP contribution >= 0.6 is 11.6 Å². The molecule has 2 aromatic rings. The number of aryl methyl sites for hydroxylation is 1. The van der Waals surface area contributed by atoms with Gasteiger partial charge in [-0.2, -0.15) is 0 Å². The second kappa shape index (κ2) is 11.4. The third-order valence-electron chi connectivity index (χ3n) is 11.7. The number of amides is 1. The number of halogens is 2. The summed E-state index contributed by atoms with van der Waals surface area (Å²) >= 11 is 6.42. The van der Waals surface area contributed by atoms with E-state index < -0.39 is 32.1 Å². The molecule has 0 aromatic heterocycles. The molecule has 0 saturated heterocycles. The van der Waals surface area contributed by atoms with E-state index in [1.165, 1.54) is 11.1 Å². The molecule has 0 radical (unpaired) electrons. The molecule has 246 valence electrons. The van der Waals surface area contributed by atoms with Crippen LogP contribution in [0.4, 0.5) is 10.1 Å². The Morgan fingerprint density at radius 3 is 2.80 bits per heavy atom. The van der Waals surface area contributed by atoms with Gasteiger partial charge in [-0.15, -0.1) is 0 Å². The fourth-order valence-corrected chi connectivity index (χ4v) is 10.4. The van der Waals surface area contributed by atoms with Gasteiger partial charge in [0.15, 0.2) is 0 Å². The molecule has 1 N–H and O–H groups in total. The lowest BCUT2D eigenvalue weighted by molar-refractivity contribution is -0.0768. The number of carbonyl (C=O) groups excluding carboxylic acids is 1. The average Bonchev–Trinajstić information content (AvgIpc) is 3.70. The molecular formula is C36H42ClFN2O5S. The van der Waals surface area contributed by atoms with Crippen LogP contribution in [0.5, 0.6) is 5.75 Å². The first kappa shape index (κ1) is 31.7. The molecule has 6 atom stereocenters. The number of rotatable bonds is 3. The number of nitrogens with one attached hydrogen (secondary N) is 1. The van der Waals surface area contributed by atoms with E-state index in [4.69, 9.17) is 21.1 Å². The van der Waals surface area contributed by atoms with Crippen molar-refractivity contribution in [2.45, 2.75) is 74.1 Å². The van der Waals surface area contributed by atoms with Crippen molar-refractivity contribution in [3.05, 3.63) is 82.7 Å². The summed E-state index contributed by atoms with van der Waals surface area (Å²) in [5.74, 6) is -0.396. The first-order valence-electron chi connectivity index (χ1n) is 16.3. The Morgan fingerprint density at radius 2 is 2.07 bits per heavy atom. The van der Waals surface area contributed by atoms with Crippen LogP contribution in [0.3, 0.4) is 0 Å². The highest BCUT2D eigenvalue weighted by Gasteiger charge is 2.60. The predicted octanol–water partition coefficient (Wildman–Crippen LogP) is 6.90. The Labute approximate surface area is 276 Å². The number of benzene rings is 2. The monoisotopic (exact) mass is 668 g/mol. The van der Waals surface area contributed by atoms with Crippen molar-refractivity contribution in [1.29, 1.82) is 0 Å². The zero-order valence-electron chi connectivity index (χ0n) is 26.5. The van der Waals surface area contributed by atoms with Gasteiger partial charge >= 0.3 is 0 Å². The zero-order chi connectivity index (χ0) is 32.5. The molecule has 46 heavy (non-hydrogen) atoms. The van der Waals surface area contributed by atoms with Crippen molar-refractivity contribution in [2.75, 3.05) is 31.7 Å². The van der Waals surface area contributed by atoms with Crippen LogP contribution in [0.15, 0.2) is 61.0 Å². The van der Waals surface area contributed by atoms with Crippen molar-refractivity contribution < 1.29 is 27.1 Å². The summed E-state index contributed by atoms with van der Waals surface area (Å²) in [5.41, 5.74) is 2.26. The summed E-state index contributed by atoms with van der Waals surface area (Å²) in [7, 11) is -2.34. The summed E-state index contributed by atoms with van der Waals surface area (Å²) in [4.78, 5) is 15.8. The molecule has 2 saturated carbocycles. The first-order valence-corrected chi connectivity index (χ1v) is 18.2. The van der Waals surface area contributed by atoms with Crippen molar-refractivity contribution in [2.24, 2.45) is 17.8 Å². The molecule has 7 rings (SSSR count). The summed E-state index contributed by atoms with van der Waals surface area (Å²) in [6.45, 7) is 7.03. The number of fused-ring (bicyclic) bond motifs is 5. The number of anilines is 1. The molecule has 1 spiro atoms. The minimum absolute atomic E-state index is 0.0241. The molecule has 10 heteroatoms. The van der Waals surface area contributed by atoms with Crippen LogP contribution in [0.25, 0.3) is 0 Å². The van der Waals surface area contributed by atoms with Gasteiger partial charge in [-0.1, -0.05) is 36.4 Å². The van der Waals surface area contributed by atoms with Gasteiger partial charge < -0.3 is 14.4 Å². The number of allylic oxidation sites excluding steroid dienone is 1. The molecule has 2 bridgehead atoms. The Balaban J connectivity index is 1.34. The second-order valence-electron chi connectivity index (χ2n) is 14.4. The van der Waals surface area contributed by atoms with E-state index in [-0.39, 0.29) is 35.2 Å². The molecule has 2 heterocycles. The topological polar surface area (TPSA) is 84.9 Å². The highest BCUT2D eigenvalue weighted by Crippen LogP contribution is 2.53. The molecule has 1 amide bonds. The number of sulfonamides is 1. The molecule has 2 aromatic carbocycles. The first-order chi connectivity index (χ1) is 21.9. The van der Waals surface area contributed by atoms with Crippen molar-refractivity contribution in [1.82, 2.24) is 4.72 Å². The molecular weight excluding hydrogens is 627 g/mol. The minimum atomic E-state index is -3.97. The molecule has 2 fully saturated rings. The predicted molar refractivity (Wildman–Crippen MR) is 178 cm³/mol. The Hall–Kier alpha value is -2.88. The van der Waals surface area contributed by atoms with E-state index in [1.807, 2.05) is 18.2 Å². The van der Waals surface area contributed by atoms with Gasteiger partial charge in [0.2, 0.25) is 10.0 Å². The van der Waals surface area contributed by atoms with E-state index in [1.54, 1.807) is 32.2 Å². The standard InChI is InChI=1S/C36H42ClFN2O5S/c1-23(38)18-36(44-3)15-5-7-27-19-34(27,2)46(42,43)39-33(41)25-9-13-32-31(17-25)40(20-26-8-11-30(26)36)21-35(22-45-32)14-4-6-24-16-28(37)10-12-29(24)35/h5,9-10,12-13,15-17,26-27,30H,1,4,6-8,11,14,18-22H2,2-3H3,(H,39,41)/b15-5+/t26-,27+,30+,34+,35-,36-/m0/s1. The second-order valence-corrected chi connectivity index (χ2v) is 17.0. The molecule has 5 aliphatic rings. The van der Waals surface area contributed by atoms with Gasteiger partial charge in [0.25, 0.3) is 5.91 Å². The number of ether oxygens (including phenoxy) is 2. The van der Waals surface area contributed by atoms with Crippen LogP contribution < -0.4 is 14.4 Å². The van der Waals surface area contributed by atoms with E-state index in [2.05, 4.69) is 28.3 Å². The van der Waals surface area contributed by atoms with Gasteiger partial charge in [0, 0.05) is 42.6 Å². The van der Waals surface area contributed by atoms with Gasteiger partial charge in [-0.05, 0) is 111 Å². The van der Waals surface area contributed by atoms with Gasteiger partial charge in [0.05, 0.1) is 28.5 Å². The number of hydrogen-bond acceptors (Lipinski definition) is 6. The lowest BCUT2D eigenvalue weighted by Gasteiger charge is -2.50. The zero-order valence-corrected chi connectivity index (χ0v) is 28.1. The summed E-state index contributed by atoms with van der Waals surface area (Å²) in [5, 5.41) is 0.714. The quantitative estimate of drug-likeness (QED) is 0.359. The van der Waals surface area contributed by atoms with Crippen LogP contribution in [-0.2, 0) is 26.6 Å². The molecule has 7 nitrogen and oxygen atoms in total. The molecule has 0 unspecified atom stereocenters. The number of hydrogen-bond donors (Lipinski definition) is 1. The van der Waals surface area contributed by atoms with Gasteiger partial charge in [0.1, 0.15) is 5.75 Å². The third-order valence-corrected chi connectivity index (χ3v) is 14.1. The van der Waals surface area contributed by atoms with Crippen LogP contribution in [0, 0.1) is 17.8 Å². The van der Waals surface area contributed by atoms with E-state index in [0.29, 0.717) is 43.3 Å². The normalized spacial score (nSPS) is 35.3. The van der Waals surface area contributed by atoms with Gasteiger partial charge in [-0.25, -0.2) is 17.5 Å². The van der Waals surface area contributed by atoms with Crippen molar-refractivity contribution >= 4 is 33.2 Å². The average molecular weight is 669 g/mol. The maximum absolute atomic E-state index is 14.7. The molecule has 3 aliphatic carbocycles. The van der Waals surface area contributed by atoms with Crippen molar-refractivity contribution in [3.63, 3.8) is 0 Å². The number of nitrogens with zero attached hydrogens (tertiary/aromatic N) is 1. The van der Waals surface area contributed by atoms with Crippen LogP contribution in [0.1, 0.15) is 73.4 Å². The largest absolute Gasteiger partial charge is 0.490 e. The van der Waals surface area contributed by atoms with Gasteiger partial charge in [-0.3, -0.25) is 4.79 Å². The lowest BCUT2D eigenvalue weighted by Crippen LogP contribution is -2.53. The smallest absolute Gasteiger partial charge is 0.264 e. The Bertz CT molecular complexity index is 1730. The maximum Gasteiger partial charge on any atom is 0.264 e. The van der Waals surface area contributed by atoms with E-state index in [0.717, 1.165) is 37.8 Å². The highest BCUT2D eigenvalue weighted by atomic mass is 35.5. The Kier molecular flexibility index (Phi) is 7.84. The van der Waals surface area contributed by atoms with E-state index in [9.17, 15) is 17.6 Å². The van der Waals surface area contributed by atoms with Crippen LogP contribution in [-0.4, -0.2) is 51.5 Å². The highest BCUT2D eigenvalue weighted by molar-refractivity contribution is 7.91. The maximum atomic E-state index is 14.7. The van der Waals surface area contributed by atoms with Crippen molar-refractivity contribution in [3.8, 4) is 5.75 Å². The Morgan fingerprint density at radius 1 is 1.24 bits per heavy atom.